The largest absolute Gasteiger partial charge is 0.321 e. The first-order valence-corrected chi connectivity index (χ1v) is 11.4. The summed E-state index contributed by atoms with van der Waals surface area (Å²) in [6.07, 6.45) is 1.32. The van der Waals surface area contributed by atoms with Crippen LogP contribution in [0.2, 0.25) is 0 Å². The molecule has 0 aliphatic rings. The van der Waals surface area contributed by atoms with E-state index in [2.05, 4.69) is 25.8 Å². The average Bonchev–Trinajstić information content (AvgIpc) is 3.36. The van der Waals surface area contributed by atoms with Gasteiger partial charge in [-0.2, -0.15) is 0 Å². The second-order valence-electron chi connectivity index (χ2n) is 7.38. The van der Waals surface area contributed by atoms with Crippen LogP contribution in [-0.4, -0.2) is 31.6 Å². The van der Waals surface area contributed by atoms with Gasteiger partial charge >= 0.3 is 0 Å². The van der Waals surface area contributed by atoms with Gasteiger partial charge in [-0.05, 0) is 24.6 Å². The first-order valence-electron chi connectivity index (χ1n) is 9.81. The van der Waals surface area contributed by atoms with E-state index < -0.39 is 5.91 Å². The smallest absolute Gasteiger partial charge is 0.266 e. The molecule has 0 saturated heterocycles. The number of para-hydroxylation sites is 1. The fourth-order valence-electron chi connectivity index (χ4n) is 3.03. The summed E-state index contributed by atoms with van der Waals surface area (Å²) in [5.41, 5.74) is 0.822. The summed E-state index contributed by atoms with van der Waals surface area (Å²) < 4.78 is 1.22. The molecule has 11 heteroatoms. The van der Waals surface area contributed by atoms with Crippen molar-refractivity contribution in [2.45, 2.75) is 33.2 Å². The number of benzene rings is 1. The number of fused-ring (bicyclic) bond motifs is 1. The Bertz CT molecular complexity index is 1360. The molecule has 0 fully saturated rings. The van der Waals surface area contributed by atoms with Crippen molar-refractivity contribution in [1.29, 1.82) is 0 Å². The van der Waals surface area contributed by atoms with E-state index in [4.69, 9.17) is 0 Å². The molecule has 3 aromatic heterocycles. The molecule has 164 valence electrons. The monoisotopic (exact) mass is 468 g/mol. The van der Waals surface area contributed by atoms with Crippen LogP contribution in [0.5, 0.6) is 0 Å². The van der Waals surface area contributed by atoms with Crippen molar-refractivity contribution < 1.29 is 9.59 Å². The van der Waals surface area contributed by atoms with Crippen LogP contribution in [0.25, 0.3) is 10.2 Å². The van der Waals surface area contributed by atoms with E-state index in [1.165, 1.54) is 22.2 Å². The van der Waals surface area contributed by atoms with E-state index in [1.807, 2.05) is 32.0 Å². The van der Waals surface area contributed by atoms with Crippen LogP contribution in [0.3, 0.4) is 0 Å². The SMILES string of the molecule is Cc1c(C(=O)Nc2ccccc2)sc2ncn(CC(=O)Nc3nnc(C(C)C)s3)c(=O)c12. The Labute approximate surface area is 191 Å². The van der Waals surface area contributed by atoms with E-state index >= 15 is 0 Å². The molecule has 0 radical (unpaired) electrons. The molecule has 4 rings (SSSR count). The third-order valence-electron chi connectivity index (χ3n) is 4.65. The number of carbonyl (C=O) groups is 2. The van der Waals surface area contributed by atoms with Gasteiger partial charge in [-0.1, -0.05) is 43.4 Å². The van der Waals surface area contributed by atoms with E-state index in [0.717, 1.165) is 16.3 Å². The maximum Gasteiger partial charge on any atom is 0.266 e. The third kappa shape index (κ3) is 4.43. The number of nitrogens with zero attached hydrogens (tertiary/aromatic N) is 4. The number of thiophene rings is 1. The van der Waals surface area contributed by atoms with Crippen molar-refractivity contribution >= 4 is 55.5 Å². The lowest BCUT2D eigenvalue weighted by molar-refractivity contribution is -0.116. The van der Waals surface area contributed by atoms with E-state index in [1.54, 1.807) is 19.1 Å². The second kappa shape index (κ2) is 8.97. The lowest BCUT2D eigenvalue weighted by atomic mass is 10.2. The third-order valence-corrected chi connectivity index (χ3v) is 6.99. The quantitative estimate of drug-likeness (QED) is 0.446. The van der Waals surface area contributed by atoms with E-state index in [9.17, 15) is 14.4 Å². The van der Waals surface area contributed by atoms with Gasteiger partial charge in [0.2, 0.25) is 11.0 Å². The van der Waals surface area contributed by atoms with Crippen molar-refractivity contribution in [1.82, 2.24) is 19.7 Å². The molecule has 0 spiro atoms. The summed E-state index contributed by atoms with van der Waals surface area (Å²) in [5, 5.41) is 15.0. The number of rotatable bonds is 6. The van der Waals surface area contributed by atoms with Crippen LogP contribution < -0.4 is 16.2 Å². The predicted molar refractivity (Wildman–Crippen MR) is 126 cm³/mol. The summed E-state index contributed by atoms with van der Waals surface area (Å²) in [5.74, 6) is -0.505. The van der Waals surface area contributed by atoms with Gasteiger partial charge in [-0.15, -0.1) is 21.5 Å². The number of hydrogen-bond acceptors (Lipinski definition) is 8. The van der Waals surface area contributed by atoms with Crippen molar-refractivity contribution in [2.75, 3.05) is 10.6 Å². The lowest BCUT2D eigenvalue weighted by Gasteiger charge is -2.05. The van der Waals surface area contributed by atoms with Crippen LogP contribution in [0.15, 0.2) is 41.5 Å². The highest BCUT2D eigenvalue weighted by Crippen LogP contribution is 2.27. The van der Waals surface area contributed by atoms with Crippen molar-refractivity contribution in [3.8, 4) is 0 Å². The molecule has 2 amide bonds. The standard InChI is InChI=1S/C21H20N6O3S2/c1-11(2)18-25-26-21(32-18)24-14(28)9-27-10-22-19-15(20(27)30)12(3)16(31-19)17(29)23-13-7-5-4-6-8-13/h4-8,10-11H,9H2,1-3H3,(H,23,29)(H,24,26,28). The van der Waals surface area contributed by atoms with Crippen LogP contribution in [-0.2, 0) is 11.3 Å². The summed E-state index contributed by atoms with van der Waals surface area (Å²) in [6.45, 7) is 5.47. The maximum atomic E-state index is 13.0. The van der Waals surface area contributed by atoms with Gasteiger partial charge in [-0.25, -0.2) is 4.98 Å². The molecular weight excluding hydrogens is 448 g/mol. The topological polar surface area (TPSA) is 119 Å². The van der Waals surface area contributed by atoms with Gasteiger partial charge in [0, 0.05) is 11.6 Å². The Morgan fingerprint density at radius 1 is 1.09 bits per heavy atom. The maximum absolute atomic E-state index is 13.0. The van der Waals surface area contributed by atoms with Crippen LogP contribution in [0.1, 0.15) is 40.0 Å². The number of amides is 2. The second-order valence-corrected chi connectivity index (χ2v) is 9.39. The van der Waals surface area contributed by atoms with Crippen LogP contribution >= 0.6 is 22.7 Å². The Hall–Kier alpha value is -3.44. The first-order chi connectivity index (χ1) is 15.3. The van der Waals surface area contributed by atoms with E-state index in [0.29, 0.717) is 31.5 Å². The molecule has 2 N–H and O–H groups in total. The molecule has 0 saturated carbocycles. The van der Waals surface area contributed by atoms with Gasteiger partial charge in [0.15, 0.2) is 0 Å². The highest BCUT2D eigenvalue weighted by atomic mass is 32.1. The Morgan fingerprint density at radius 3 is 2.53 bits per heavy atom. The number of aromatic nitrogens is 4. The number of nitrogens with one attached hydrogen (secondary N) is 2. The molecule has 0 aliphatic heterocycles. The van der Waals surface area contributed by atoms with Gasteiger partial charge in [0.05, 0.1) is 16.6 Å². The molecule has 0 aliphatic carbocycles. The van der Waals surface area contributed by atoms with Gasteiger partial charge < -0.3 is 5.32 Å². The average molecular weight is 469 g/mol. The van der Waals surface area contributed by atoms with Crippen LogP contribution in [0, 0.1) is 6.92 Å². The fourth-order valence-corrected chi connectivity index (χ4v) is 4.83. The molecule has 4 aromatic rings. The molecular formula is C21H20N6O3S2. The minimum Gasteiger partial charge on any atom is -0.321 e. The zero-order valence-corrected chi connectivity index (χ0v) is 19.2. The summed E-state index contributed by atoms with van der Waals surface area (Å²) >= 11 is 2.44. The highest BCUT2D eigenvalue weighted by Gasteiger charge is 2.20. The van der Waals surface area contributed by atoms with Gasteiger partial charge in [0.25, 0.3) is 11.5 Å². The van der Waals surface area contributed by atoms with Crippen LogP contribution in [0.4, 0.5) is 10.8 Å². The number of anilines is 2. The van der Waals surface area contributed by atoms with Gasteiger partial charge in [0.1, 0.15) is 16.4 Å². The molecule has 9 nitrogen and oxygen atoms in total. The number of carbonyl (C=O) groups excluding carboxylic acids is 2. The van der Waals surface area contributed by atoms with Crippen molar-refractivity contribution in [3.63, 3.8) is 0 Å². The number of aryl methyl sites for hydroxylation is 1. The molecule has 1 aromatic carbocycles. The lowest BCUT2D eigenvalue weighted by Crippen LogP contribution is -2.27. The molecule has 3 heterocycles. The number of hydrogen-bond donors (Lipinski definition) is 2. The normalized spacial score (nSPS) is 11.1. The minimum atomic E-state index is -0.408. The summed E-state index contributed by atoms with van der Waals surface area (Å²) in [6, 6.07) is 9.07. The molecule has 0 unspecified atom stereocenters. The van der Waals surface area contributed by atoms with Gasteiger partial charge in [-0.3, -0.25) is 24.3 Å². The fraction of sp³-hybridized carbons (Fsp3) is 0.238. The molecule has 0 atom stereocenters. The molecule has 32 heavy (non-hydrogen) atoms. The van der Waals surface area contributed by atoms with E-state index in [-0.39, 0.29) is 23.9 Å². The zero-order valence-electron chi connectivity index (χ0n) is 17.6. The Balaban J connectivity index is 1.55. The van der Waals surface area contributed by atoms with Crippen molar-refractivity contribution in [3.05, 3.63) is 62.5 Å². The minimum absolute atomic E-state index is 0.210. The zero-order chi connectivity index (χ0) is 22.8. The predicted octanol–water partition coefficient (Wildman–Crippen LogP) is 3.63. The highest BCUT2D eigenvalue weighted by molar-refractivity contribution is 7.20. The Morgan fingerprint density at radius 2 is 1.84 bits per heavy atom. The van der Waals surface area contributed by atoms with Crippen molar-refractivity contribution in [2.24, 2.45) is 0 Å². The first kappa shape index (κ1) is 21.8. The summed E-state index contributed by atoms with van der Waals surface area (Å²) in [7, 11) is 0. The summed E-state index contributed by atoms with van der Waals surface area (Å²) in [4.78, 5) is 43.3. The Kier molecular flexibility index (Phi) is 6.10. The molecule has 0 bridgehead atoms.